The lowest BCUT2D eigenvalue weighted by Gasteiger charge is -2.35. The Kier molecular flexibility index (Phi) is 3.49. The minimum absolute atomic E-state index is 0.144. The van der Waals surface area contributed by atoms with Gasteiger partial charge in [-0.3, -0.25) is 4.79 Å². The molecule has 0 N–H and O–H groups in total. The number of amides is 1. The second kappa shape index (κ2) is 4.44. The first-order chi connectivity index (χ1) is 6.56. The molecule has 1 fully saturated rings. The molecule has 1 aliphatic heterocycles. The van der Waals surface area contributed by atoms with Crippen molar-refractivity contribution < 1.29 is 14.3 Å². The second-order valence-corrected chi connectivity index (χ2v) is 3.97. The molecule has 1 heterocycles. The minimum atomic E-state index is -0.758. The van der Waals surface area contributed by atoms with Gasteiger partial charge in [-0.15, -0.1) is 0 Å². The Bertz CT molecular complexity index is 240. The molecule has 0 aromatic carbocycles. The molecule has 0 spiro atoms. The van der Waals surface area contributed by atoms with Crippen LogP contribution in [0.4, 0.5) is 0 Å². The third-order valence-electron chi connectivity index (χ3n) is 2.76. The Labute approximate surface area is 84.2 Å². The van der Waals surface area contributed by atoms with Crippen LogP contribution in [-0.2, 0) is 14.3 Å². The van der Waals surface area contributed by atoms with Crippen molar-refractivity contribution in [2.24, 2.45) is 5.92 Å². The number of likely N-dealkylation sites (tertiary alicyclic amines) is 1. The van der Waals surface area contributed by atoms with Gasteiger partial charge in [0.2, 0.25) is 0 Å². The maximum absolute atomic E-state index is 11.5. The topological polar surface area (TPSA) is 46.6 Å². The van der Waals surface area contributed by atoms with Crippen LogP contribution in [0.15, 0.2) is 0 Å². The summed E-state index contributed by atoms with van der Waals surface area (Å²) in [5, 5.41) is 0. The molecule has 80 valence electrons. The number of nitrogens with zero attached hydrogens (tertiary/aromatic N) is 1. The van der Waals surface area contributed by atoms with Crippen LogP contribution in [0.3, 0.4) is 0 Å². The van der Waals surface area contributed by atoms with E-state index >= 15 is 0 Å². The van der Waals surface area contributed by atoms with Crippen molar-refractivity contribution in [3.05, 3.63) is 0 Å². The number of hydrogen-bond acceptors (Lipinski definition) is 3. The summed E-state index contributed by atoms with van der Waals surface area (Å²) in [5.74, 6) is -0.634. The SMILES string of the molecule is COC(=O)C(=O)N1CCC(C)CC1C. The van der Waals surface area contributed by atoms with Gasteiger partial charge in [-0.25, -0.2) is 4.79 Å². The van der Waals surface area contributed by atoms with Crippen molar-refractivity contribution in [1.29, 1.82) is 0 Å². The number of carbonyl (C=O) groups is 2. The third-order valence-corrected chi connectivity index (χ3v) is 2.76. The molecule has 0 bridgehead atoms. The minimum Gasteiger partial charge on any atom is -0.462 e. The molecule has 1 rings (SSSR count). The number of rotatable bonds is 0. The number of ether oxygens (including phenoxy) is 1. The highest BCUT2D eigenvalue weighted by Gasteiger charge is 2.30. The zero-order valence-electron chi connectivity index (χ0n) is 8.95. The van der Waals surface area contributed by atoms with E-state index in [1.165, 1.54) is 7.11 Å². The van der Waals surface area contributed by atoms with Crippen molar-refractivity contribution in [2.45, 2.75) is 32.7 Å². The summed E-state index contributed by atoms with van der Waals surface area (Å²) in [7, 11) is 1.23. The third kappa shape index (κ3) is 2.25. The molecule has 0 aliphatic carbocycles. The first kappa shape index (κ1) is 11.0. The fourth-order valence-electron chi connectivity index (χ4n) is 1.91. The predicted octanol–water partition coefficient (Wildman–Crippen LogP) is 0.806. The zero-order valence-corrected chi connectivity index (χ0v) is 8.95. The average Bonchev–Trinajstić information content (AvgIpc) is 2.15. The lowest BCUT2D eigenvalue weighted by atomic mass is 9.93. The Balaban J connectivity index is 2.60. The van der Waals surface area contributed by atoms with Crippen molar-refractivity contribution in [1.82, 2.24) is 4.90 Å². The van der Waals surface area contributed by atoms with Crippen LogP contribution in [0.5, 0.6) is 0 Å². The van der Waals surface area contributed by atoms with Crippen LogP contribution in [0.2, 0.25) is 0 Å². The monoisotopic (exact) mass is 199 g/mol. The molecule has 1 amide bonds. The number of piperidine rings is 1. The highest BCUT2D eigenvalue weighted by molar-refractivity contribution is 6.32. The van der Waals surface area contributed by atoms with Crippen LogP contribution in [0.25, 0.3) is 0 Å². The quantitative estimate of drug-likeness (QED) is 0.428. The van der Waals surface area contributed by atoms with E-state index in [0.29, 0.717) is 12.5 Å². The summed E-state index contributed by atoms with van der Waals surface area (Å²) >= 11 is 0. The second-order valence-electron chi connectivity index (χ2n) is 3.97. The summed E-state index contributed by atoms with van der Waals surface area (Å²) in [4.78, 5) is 24.1. The van der Waals surface area contributed by atoms with E-state index in [-0.39, 0.29) is 6.04 Å². The van der Waals surface area contributed by atoms with Crippen LogP contribution in [0, 0.1) is 5.92 Å². The van der Waals surface area contributed by atoms with Gasteiger partial charge >= 0.3 is 11.9 Å². The van der Waals surface area contributed by atoms with E-state index in [2.05, 4.69) is 11.7 Å². The molecule has 0 radical (unpaired) electrons. The van der Waals surface area contributed by atoms with Gasteiger partial charge in [0, 0.05) is 12.6 Å². The summed E-state index contributed by atoms with van der Waals surface area (Å²) < 4.78 is 4.41. The van der Waals surface area contributed by atoms with E-state index in [0.717, 1.165) is 12.8 Å². The summed E-state index contributed by atoms with van der Waals surface area (Å²) in [6.07, 6.45) is 1.93. The lowest BCUT2D eigenvalue weighted by Crippen LogP contribution is -2.47. The van der Waals surface area contributed by atoms with E-state index in [9.17, 15) is 9.59 Å². The summed E-state index contributed by atoms with van der Waals surface area (Å²) in [5.41, 5.74) is 0. The van der Waals surface area contributed by atoms with E-state index < -0.39 is 11.9 Å². The van der Waals surface area contributed by atoms with Gasteiger partial charge in [-0.1, -0.05) is 6.92 Å². The van der Waals surface area contributed by atoms with E-state index in [1.54, 1.807) is 4.90 Å². The van der Waals surface area contributed by atoms with Crippen LogP contribution >= 0.6 is 0 Å². The molecule has 1 saturated heterocycles. The summed E-state index contributed by atoms with van der Waals surface area (Å²) in [6, 6.07) is 0.144. The highest BCUT2D eigenvalue weighted by atomic mass is 16.5. The van der Waals surface area contributed by atoms with Crippen LogP contribution in [0.1, 0.15) is 26.7 Å². The van der Waals surface area contributed by atoms with Gasteiger partial charge in [0.05, 0.1) is 7.11 Å². The van der Waals surface area contributed by atoms with Gasteiger partial charge in [0.15, 0.2) is 0 Å². The summed E-state index contributed by atoms with van der Waals surface area (Å²) in [6.45, 7) is 4.79. The van der Waals surface area contributed by atoms with E-state index in [4.69, 9.17) is 0 Å². The molecular formula is C10H17NO3. The molecule has 0 aromatic rings. The van der Waals surface area contributed by atoms with Gasteiger partial charge in [0.25, 0.3) is 0 Å². The molecular weight excluding hydrogens is 182 g/mol. The molecule has 14 heavy (non-hydrogen) atoms. The van der Waals surface area contributed by atoms with E-state index in [1.807, 2.05) is 6.92 Å². The number of esters is 1. The molecule has 4 heteroatoms. The standard InChI is InChI=1S/C10H17NO3/c1-7-4-5-11(8(2)6-7)9(12)10(13)14-3/h7-8H,4-6H2,1-3H3. The lowest BCUT2D eigenvalue weighted by molar-refractivity contribution is -0.160. The van der Waals surface area contributed by atoms with Crippen LogP contribution in [-0.4, -0.2) is 36.5 Å². The molecule has 0 aromatic heterocycles. The van der Waals surface area contributed by atoms with Gasteiger partial charge in [0.1, 0.15) is 0 Å². The molecule has 0 saturated carbocycles. The van der Waals surface area contributed by atoms with Crippen molar-refractivity contribution in [3.63, 3.8) is 0 Å². The van der Waals surface area contributed by atoms with Crippen LogP contribution < -0.4 is 0 Å². The Hall–Kier alpha value is -1.06. The fourth-order valence-corrected chi connectivity index (χ4v) is 1.91. The normalized spacial score (nSPS) is 27.2. The van der Waals surface area contributed by atoms with Crippen molar-refractivity contribution >= 4 is 11.9 Å². The zero-order chi connectivity index (χ0) is 10.7. The van der Waals surface area contributed by atoms with Gasteiger partial charge in [-0.05, 0) is 25.7 Å². The first-order valence-corrected chi connectivity index (χ1v) is 4.95. The van der Waals surface area contributed by atoms with Crippen molar-refractivity contribution in [3.8, 4) is 0 Å². The molecule has 2 atom stereocenters. The maximum Gasteiger partial charge on any atom is 0.396 e. The maximum atomic E-state index is 11.5. The Morgan fingerprint density at radius 2 is 2.00 bits per heavy atom. The van der Waals surface area contributed by atoms with Gasteiger partial charge < -0.3 is 9.64 Å². The number of carbonyl (C=O) groups excluding carboxylic acids is 2. The number of methoxy groups -OCH3 is 1. The molecule has 2 unspecified atom stereocenters. The Morgan fingerprint density at radius 1 is 1.36 bits per heavy atom. The molecule has 4 nitrogen and oxygen atoms in total. The average molecular weight is 199 g/mol. The van der Waals surface area contributed by atoms with Gasteiger partial charge in [-0.2, -0.15) is 0 Å². The molecule has 1 aliphatic rings. The fraction of sp³-hybridized carbons (Fsp3) is 0.800. The highest BCUT2D eigenvalue weighted by Crippen LogP contribution is 2.22. The number of hydrogen-bond donors (Lipinski definition) is 0. The predicted molar refractivity (Wildman–Crippen MR) is 51.6 cm³/mol. The smallest absolute Gasteiger partial charge is 0.396 e. The Morgan fingerprint density at radius 3 is 2.50 bits per heavy atom. The first-order valence-electron chi connectivity index (χ1n) is 4.95. The largest absolute Gasteiger partial charge is 0.462 e. The van der Waals surface area contributed by atoms with Crippen molar-refractivity contribution in [2.75, 3.05) is 13.7 Å².